The van der Waals surface area contributed by atoms with Gasteiger partial charge in [-0.15, -0.1) is 0 Å². The standard InChI is InChI=1S/C19H16Cl2N2O/c20-16-9-8-14(11-17(16)21)13-24-18-6-2-1-5-15(18)12-23-19-7-3-4-10-22-19/h1-11H,12-13H2,(H,22,23). The molecule has 0 aliphatic heterocycles. The van der Waals surface area contributed by atoms with Crippen LogP contribution in [0.4, 0.5) is 5.82 Å². The Labute approximate surface area is 151 Å². The summed E-state index contributed by atoms with van der Waals surface area (Å²) < 4.78 is 5.94. The van der Waals surface area contributed by atoms with Gasteiger partial charge in [-0.3, -0.25) is 0 Å². The van der Waals surface area contributed by atoms with Crippen LogP contribution in [0.1, 0.15) is 11.1 Å². The van der Waals surface area contributed by atoms with E-state index in [2.05, 4.69) is 10.3 Å². The van der Waals surface area contributed by atoms with E-state index >= 15 is 0 Å². The second-order valence-electron chi connectivity index (χ2n) is 5.21. The molecule has 2 aromatic carbocycles. The molecule has 1 aromatic heterocycles. The molecule has 5 heteroatoms. The second-order valence-corrected chi connectivity index (χ2v) is 6.03. The van der Waals surface area contributed by atoms with Crippen molar-refractivity contribution < 1.29 is 4.74 Å². The number of hydrogen-bond donors (Lipinski definition) is 1. The summed E-state index contributed by atoms with van der Waals surface area (Å²) in [6.07, 6.45) is 1.76. The Bertz CT molecular complexity index is 809. The maximum Gasteiger partial charge on any atom is 0.126 e. The van der Waals surface area contributed by atoms with Gasteiger partial charge in [0, 0.05) is 18.3 Å². The quantitative estimate of drug-likeness (QED) is 0.624. The van der Waals surface area contributed by atoms with E-state index in [9.17, 15) is 0 Å². The minimum atomic E-state index is 0.428. The predicted octanol–water partition coefficient (Wildman–Crippen LogP) is 5.58. The molecule has 1 heterocycles. The zero-order valence-electron chi connectivity index (χ0n) is 12.9. The number of nitrogens with one attached hydrogen (secondary N) is 1. The summed E-state index contributed by atoms with van der Waals surface area (Å²) in [7, 11) is 0. The Morgan fingerprint density at radius 3 is 2.54 bits per heavy atom. The van der Waals surface area contributed by atoms with Crippen molar-refractivity contribution in [3.63, 3.8) is 0 Å². The molecule has 3 aromatic rings. The molecule has 0 aliphatic carbocycles. The van der Waals surface area contributed by atoms with Crippen molar-refractivity contribution in [1.29, 1.82) is 0 Å². The zero-order valence-corrected chi connectivity index (χ0v) is 14.4. The lowest BCUT2D eigenvalue weighted by atomic mass is 10.2. The van der Waals surface area contributed by atoms with E-state index in [-0.39, 0.29) is 0 Å². The molecule has 3 nitrogen and oxygen atoms in total. The summed E-state index contributed by atoms with van der Waals surface area (Å²) in [5, 5.41) is 4.36. The smallest absolute Gasteiger partial charge is 0.126 e. The molecular formula is C19H16Cl2N2O. The average Bonchev–Trinajstić information content (AvgIpc) is 2.62. The molecule has 122 valence electrons. The largest absolute Gasteiger partial charge is 0.489 e. The first-order valence-corrected chi connectivity index (χ1v) is 8.27. The SMILES string of the molecule is Clc1ccc(COc2ccccc2CNc2ccccn2)cc1Cl. The van der Waals surface area contributed by atoms with E-state index in [1.165, 1.54) is 0 Å². The lowest BCUT2D eigenvalue weighted by Crippen LogP contribution is -2.04. The van der Waals surface area contributed by atoms with Crippen LogP contribution in [-0.4, -0.2) is 4.98 Å². The number of hydrogen-bond acceptors (Lipinski definition) is 3. The molecule has 0 bridgehead atoms. The molecule has 0 radical (unpaired) electrons. The van der Waals surface area contributed by atoms with Crippen molar-refractivity contribution >= 4 is 29.0 Å². The van der Waals surface area contributed by atoms with E-state index < -0.39 is 0 Å². The lowest BCUT2D eigenvalue weighted by molar-refractivity contribution is 0.303. The summed E-state index contributed by atoms with van der Waals surface area (Å²) in [6.45, 7) is 1.06. The molecular weight excluding hydrogens is 343 g/mol. The number of para-hydroxylation sites is 1. The van der Waals surface area contributed by atoms with Crippen LogP contribution >= 0.6 is 23.2 Å². The van der Waals surface area contributed by atoms with Crippen LogP contribution in [0.15, 0.2) is 66.9 Å². The van der Waals surface area contributed by atoms with E-state index in [0.717, 1.165) is 22.7 Å². The van der Waals surface area contributed by atoms with Crippen LogP contribution in [-0.2, 0) is 13.2 Å². The van der Waals surface area contributed by atoms with Gasteiger partial charge in [-0.2, -0.15) is 0 Å². The van der Waals surface area contributed by atoms with E-state index in [4.69, 9.17) is 27.9 Å². The highest BCUT2D eigenvalue weighted by molar-refractivity contribution is 6.42. The van der Waals surface area contributed by atoms with Gasteiger partial charge in [-0.25, -0.2) is 4.98 Å². The molecule has 0 unspecified atom stereocenters. The lowest BCUT2D eigenvalue weighted by Gasteiger charge is -2.13. The molecule has 0 spiro atoms. The minimum Gasteiger partial charge on any atom is -0.489 e. The Kier molecular flexibility index (Phi) is 5.57. The third-order valence-electron chi connectivity index (χ3n) is 3.48. The van der Waals surface area contributed by atoms with Gasteiger partial charge in [0.25, 0.3) is 0 Å². The third kappa shape index (κ3) is 4.40. The van der Waals surface area contributed by atoms with Crippen LogP contribution < -0.4 is 10.1 Å². The minimum absolute atomic E-state index is 0.428. The Hall–Kier alpha value is -2.23. The molecule has 3 rings (SSSR count). The highest BCUT2D eigenvalue weighted by Crippen LogP contribution is 2.24. The van der Waals surface area contributed by atoms with Gasteiger partial charge in [0.1, 0.15) is 18.2 Å². The fourth-order valence-electron chi connectivity index (χ4n) is 2.23. The molecule has 0 saturated carbocycles. The number of benzene rings is 2. The maximum absolute atomic E-state index is 6.04. The molecule has 0 saturated heterocycles. The number of rotatable bonds is 6. The number of nitrogens with zero attached hydrogens (tertiary/aromatic N) is 1. The number of pyridine rings is 1. The zero-order chi connectivity index (χ0) is 16.8. The van der Waals surface area contributed by atoms with Crippen molar-refractivity contribution in [2.75, 3.05) is 5.32 Å². The van der Waals surface area contributed by atoms with Gasteiger partial charge in [0.05, 0.1) is 10.0 Å². The monoisotopic (exact) mass is 358 g/mol. The van der Waals surface area contributed by atoms with Crippen molar-refractivity contribution in [3.05, 3.63) is 88.0 Å². The molecule has 0 aliphatic rings. The van der Waals surface area contributed by atoms with Crippen molar-refractivity contribution in [1.82, 2.24) is 4.98 Å². The number of ether oxygens (including phenoxy) is 1. The molecule has 24 heavy (non-hydrogen) atoms. The second kappa shape index (κ2) is 8.04. The first-order chi connectivity index (χ1) is 11.7. The Balaban J connectivity index is 1.66. The van der Waals surface area contributed by atoms with Crippen LogP contribution in [0, 0.1) is 0 Å². The number of halogens is 2. The van der Waals surface area contributed by atoms with Gasteiger partial charge >= 0.3 is 0 Å². The maximum atomic E-state index is 6.04. The number of anilines is 1. The summed E-state index contributed by atoms with van der Waals surface area (Å²) in [5.74, 6) is 1.66. The topological polar surface area (TPSA) is 34.1 Å². The van der Waals surface area contributed by atoms with Crippen molar-refractivity contribution in [2.24, 2.45) is 0 Å². The first-order valence-electron chi connectivity index (χ1n) is 7.52. The summed E-state index contributed by atoms with van der Waals surface area (Å²) in [4.78, 5) is 4.26. The molecule has 1 N–H and O–H groups in total. The molecule has 0 fully saturated rings. The average molecular weight is 359 g/mol. The van der Waals surface area contributed by atoms with E-state index in [1.807, 2.05) is 54.6 Å². The normalized spacial score (nSPS) is 10.4. The first kappa shape index (κ1) is 16.6. The van der Waals surface area contributed by atoms with Crippen LogP contribution in [0.2, 0.25) is 10.0 Å². The third-order valence-corrected chi connectivity index (χ3v) is 4.21. The molecule has 0 atom stereocenters. The summed E-state index contributed by atoms with van der Waals surface area (Å²) >= 11 is 12.0. The van der Waals surface area contributed by atoms with Gasteiger partial charge in [0.2, 0.25) is 0 Å². The van der Waals surface area contributed by atoms with Crippen molar-refractivity contribution in [2.45, 2.75) is 13.2 Å². The highest BCUT2D eigenvalue weighted by atomic mass is 35.5. The molecule has 0 amide bonds. The highest BCUT2D eigenvalue weighted by Gasteiger charge is 2.05. The van der Waals surface area contributed by atoms with Crippen molar-refractivity contribution in [3.8, 4) is 5.75 Å². The number of aromatic nitrogens is 1. The predicted molar refractivity (Wildman–Crippen MR) is 98.8 cm³/mol. The van der Waals surface area contributed by atoms with Crippen LogP contribution in [0.3, 0.4) is 0 Å². The van der Waals surface area contributed by atoms with Gasteiger partial charge in [0.15, 0.2) is 0 Å². The van der Waals surface area contributed by atoms with E-state index in [1.54, 1.807) is 12.3 Å². The van der Waals surface area contributed by atoms with Crippen LogP contribution in [0.25, 0.3) is 0 Å². The van der Waals surface area contributed by atoms with E-state index in [0.29, 0.717) is 23.2 Å². The summed E-state index contributed by atoms with van der Waals surface area (Å²) in [5.41, 5.74) is 2.03. The fourth-order valence-corrected chi connectivity index (χ4v) is 2.55. The van der Waals surface area contributed by atoms with Gasteiger partial charge < -0.3 is 10.1 Å². The fraction of sp³-hybridized carbons (Fsp3) is 0.105. The van der Waals surface area contributed by atoms with Gasteiger partial charge in [-0.05, 0) is 35.9 Å². The van der Waals surface area contributed by atoms with Crippen LogP contribution in [0.5, 0.6) is 5.75 Å². The Morgan fingerprint density at radius 1 is 0.917 bits per heavy atom. The Morgan fingerprint density at radius 2 is 1.75 bits per heavy atom. The van der Waals surface area contributed by atoms with Gasteiger partial charge in [-0.1, -0.05) is 53.5 Å². The summed E-state index contributed by atoms with van der Waals surface area (Å²) in [6, 6.07) is 19.2.